The molecule has 0 aromatic heterocycles. The summed E-state index contributed by atoms with van der Waals surface area (Å²) >= 11 is 0. The Morgan fingerprint density at radius 3 is 2.15 bits per heavy atom. The lowest BCUT2D eigenvalue weighted by Crippen LogP contribution is -2.15. The monoisotopic (exact) mass is 182 g/mol. The molecule has 72 valence electrons. The van der Waals surface area contributed by atoms with Crippen molar-refractivity contribution in [2.45, 2.75) is 12.7 Å². The second-order valence-electron chi connectivity index (χ2n) is 2.77. The van der Waals surface area contributed by atoms with Crippen LogP contribution in [0.25, 0.3) is 0 Å². The van der Waals surface area contributed by atoms with Gasteiger partial charge in [0.2, 0.25) is 0 Å². The van der Waals surface area contributed by atoms with Crippen molar-refractivity contribution in [2.75, 3.05) is 14.2 Å². The Morgan fingerprint density at radius 2 is 1.69 bits per heavy atom. The van der Waals surface area contributed by atoms with E-state index in [1.54, 1.807) is 26.4 Å². The van der Waals surface area contributed by atoms with Crippen LogP contribution in [0.1, 0.15) is 5.56 Å². The van der Waals surface area contributed by atoms with Crippen LogP contribution in [0.15, 0.2) is 24.3 Å². The first-order chi connectivity index (χ1) is 6.26. The highest BCUT2D eigenvalue weighted by Crippen LogP contribution is 2.12. The van der Waals surface area contributed by atoms with Crippen molar-refractivity contribution in [1.82, 2.24) is 0 Å². The summed E-state index contributed by atoms with van der Waals surface area (Å²) in [5.74, 6) is 0.273. The number of phenolic OH excluding ortho intramolecular Hbond substituents is 1. The molecule has 0 radical (unpaired) electrons. The van der Waals surface area contributed by atoms with Gasteiger partial charge >= 0.3 is 0 Å². The van der Waals surface area contributed by atoms with Crippen LogP contribution in [0.4, 0.5) is 0 Å². The van der Waals surface area contributed by atoms with Crippen molar-refractivity contribution in [3.63, 3.8) is 0 Å². The predicted octanol–water partition coefficient (Wildman–Crippen LogP) is 1.55. The van der Waals surface area contributed by atoms with Gasteiger partial charge < -0.3 is 14.6 Å². The van der Waals surface area contributed by atoms with Crippen molar-refractivity contribution >= 4 is 0 Å². The maximum Gasteiger partial charge on any atom is 0.160 e. The molecule has 13 heavy (non-hydrogen) atoms. The number of aromatic hydroxyl groups is 1. The van der Waals surface area contributed by atoms with Crippen LogP contribution in [-0.4, -0.2) is 25.6 Å². The average Bonchev–Trinajstić information content (AvgIpc) is 2.17. The van der Waals surface area contributed by atoms with E-state index in [4.69, 9.17) is 14.6 Å². The van der Waals surface area contributed by atoms with E-state index in [1.165, 1.54) is 0 Å². The summed E-state index contributed by atoms with van der Waals surface area (Å²) in [4.78, 5) is 0. The van der Waals surface area contributed by atoms with Gasteiger partial charge in [0.15, 0.2) is 6.29 Å². The minimum atomic E-state index is -0.218. The Bertz CT molecular complexity index is 239. The standard InChI is InChI=1S/C10H14O3/c1-12-10(13-2)7-8-3-5-9(11)6-4-8/h3-6,10-11H,7H2,1-2H3. The number of benzene rings is 1. The van der Waals surface area contributed by atoms with E-state index in [0.29, 0.717) is 6.42 Å². The fourth-order valence-electron chi connectivity index (χ4n) is 1.09. The van der Waals surface area contributed by atoms with Crippen LogP contribution in [0.3, 0.4) is 0 Å². The Labute approximate surface area is 77.9 Å². The highest BCUT2D eigenvalue weighted by atomic mass is 16.7. The van der Waals surface area contributed by atoms with Crippen LogP contribution in [0.5, 0.6) is 5.75 Å². The van der Waals surface area contributed by atoms with Crippen molar-refractivity contribution in [2.24, 2.45) is 0 Å². The third-order valence-electron chi connectivity index (χ3n) is 1.86. The summed E-state index contributed by atoms with van der Waals surface area (Å²) in [6.07, 6.45) is 0.470. The lowest BCUT2D eigenvalue weighted by Gasteiger charge is -2.12. The summed E-state index contributed by atoms with van der Waals surface area (Å²) in [5.41, 5.74) is 1.08. The van der Waals surface area contributed by atoms with Gasteiger partial charge in [0, 0.05) is 20.6 Å². The molecule has 0 heterocycles. The molecule has 1 aromatic rings. The van der Waals surface area contributed by atoms with E-state index in [2.05, 4.69) is 0 Å². The normalized spacial score (nSPS) is 10.7. The molecule has 0 unspecified atom stereocenters. The Balaban J connectivity index is 2.58. The SMILES string of the molecule is COC(Cc1ccc(O)cc1)OC. The summed E-state index contributed by atoms with van der Waals surface area (Å²) in [6, 6.07) is 7.00. The van der Waals surface area contributed by atoms with Gasteiger partial charge in [0.05, 0.1) is 0 Å². The van der Waals surface area contributed by atoms with Crippen molar-refractivity contribution in [3.05, 3.63) is 29.8 Å². The molecule has 0 fully saturated rings. The summed E-state index contributed by atoms with van der Waals surface area (Å²) in [7, 11) is 3.21. The molecule has 1 rings (SSSR count). The molecule has 1 N–H and O–H groups in total. The fraction of sp³-hybridized carbons (Fsp3) is 0.400. The zero-order valence-corrected chi connectivity index (χ0v) is 7.86. The largest absolute Gasteiger partial charge is 0.508 e. The quantitative estimate of drug-likeness (QED) is 0.718. The van der Waals surface area contributed by atoms with Gasteiger partial charge in [-0.15, -0.1) is 0 Å². The third-order valence-corrected chi connectivity index (χ3v) is 1.86. The molecule has 0 spiro atoms. The van der Waals surface area contributed by atoms with Crippen molar-refractivity contribution in [3.8, 4) is 5.75 Å². The lowest BCUT2D eigenvalue weighted by atomic mass is 10.1. The minimum absolute atomic E-state index is 0.218. The number of hydrogen-bond acceptors (Lipinski definition) is 3. The van der Waals surface area contributed by atoms with Crippen LogP contribution in [0.2, 0.25) is 0 Å². The number of rotatable bonds is 4. The second kappa shape index (κ2) is 4.84. The predicted molar refractivity (Wildman–Crippen MR) is 49.6 cm³/mol. The topological polar surface area (TPSA) is 38.7 Å². The smallest absolute Gasteiger partial charge is 0.160 e. The van der Waals surface area contributed by atoms with Gasteiger partial charge in [-0.3, -0.25) is 0 Å². The first-order valence-corrected chi connectivity index (χ1v) is 4.09. The first kappa shape index (κ1) is 10.0. The summed E-state index contributed by atoms with van der Waals surface area (Å²) < 4.78 is 10.1. The molecule has 0 saturated carbocycles. The molecule has 0 bridgehead atoms. The Hall–Kier alpha value is -1.06. The maximum absolute atomic E-state index is 9.04. The lowest BCUT2D eigenvalue weighted by molar-refractivity contribution is -0.100. The van der Waals surface area contributed by atoms with Gasteiger partial charge in [0.25, 0.3) is 0 Å². The van der Waals surface area contributed by atoms with Crippen LogP contribution in [-0.2, 0) is 15.9 Å². The molecule has 0 aliphatic carbocycles. The molecule has 0 saturated heterocycles. The number of methoxy groups -OCH3 is 2. The van der Waals surface area contributed by atoms with E-state index < -0.39 is 0 Å². The zero-order valence-electron chi connectivity index (χ0n) is 7.86. The van der Waals surface area contributed by atoms with Gasteiger partial charge in [-0.2, -0.15) is 0 Å². The summed E-state index contributed by atoms with van der Waals surface area (Å²) in [5, 5.41) is 9.04. The molecule has 0 aliphatic heterocycles. The number of ether oxygens (including phenoxy) is 2. The highest BCUT2D eigenvalue weighted by molar-refractivity contribution is 5.26. The summed E-state index contributed by atoms with van der Waals surface area (Å²) in [6.45, 7) is 0. The van der Waals surface area contributed by atoms with E-state index in [9.17, 15) is 0 Å². The third kappa shape index (κ3) is 3.05. The van der Waals surface area contributed by atoms with Crippen LogP contribution in [0, 0.1) is 0 Å². The Morgan fingerprint density at radius 1 is 1.15 bits per heavy atom. The number of hydrogen-bond donors (Lipinski definition) is 1. The average molecular weight is 182 g/mol. The Kier molecular flexibility index (Phi) is 3.73. The van der Waals surface area contributed by atoms with Gasteiger partial charge in [-0.05, 0) is 17.7 Å². The maximum atomic E-state index is 9.04. The molecule has 0 aliphatic rings. The number of phenols is 1. The van der Waals surface area contributed by atoms with E-state index in [-0.39, 0.29) is 12.0 Å². The van der Waals surface area contributed by atoms with E-state index >= 15 is 0 Å². The molecule has 0 atom stereocenters. The minimum Gasteiger partial charge on any atom is -0.508 e. The zero-order chi connectivity index (χ0) is 9.68. The molecular formula is C10H14O3. The van der Waals surface area contributed by atoms with Crippen molar-refractivity contribution in [1.29, 1.82) is 0 Å². The van der Waals surface area contributed by atoms with E-state index in [1.807, 2.05) is 12.1 Å². The molecule has 3 nitrogen and oxygen atoms in total. The molecule has 3 heteroatoms. The second-order valence-corrected chi connectivity index (χ2v) is 2.77. The fourth-order valence-corrected chi connectivity index (χ4v) is 1.09. The van der Waals surface area contributed by atoms with Crippen LogP contribution >= 0.6 is 0 Å². The molecular weight excluding hydrogens is 168 g/mol. The highest BCUT2D eigenvalue weighted by Gasteiger charge is 2.05. The first-order valence-electron chi connectivity index (χ1n) is 4.09. The van der Waals surface area contributed by atoms with Gasteiger partial charge in [-0.1, -0.05) is 12.1 Å². The molecule has 0 amide bonds. The van der Waals surface area contributed by atoms with Gasteiger partial charge in [0.1, 0.15) is 5.75 Å². The van der Waals surface area contributed by atoms with Gasteiger partial charge in [-0.25, -0.2) is 0 Å². The van der Waals surface area contributed by atoms with E-state index in [0.717, 1.165) is 5.56 Å². The molecule has 1 aromatic carbocycles. The van der Waals surface area contributed by atoms with Crippen molar-refractivity contribution < 1.29 is 14.6 Å². The van der Waals surface area contributed by atoms with Crippen LogP contribution < -0.4 is 0 Å².